The first kappa shape index (κ1) is 20.0. The number of nitriles is 1. The zero-order valence-corrected chi connectivity index (χ0v) is 14.5. The number of esters is 1. The Morgan fingerprint density at radius 3 is 2.59 bits per heavy atom. The van der Waals surface area contributed by atoms with Crippen LogP contribution in [0.3, 0.4) is 0 Å². The first-order valence-electron chi connectivity index (χ1n) is 7.83. The number of carbonyl (C=O) groups excluding carboxylic acids is 1. The van der Waals surface area contributed by atoms with Crippen LogP contribution in [-0.4, -0.2) is 25.4 Å². The van der Waals surface area contributed by atoms with Crippen LogP contribution in [0.4, 0.5) is 13.2 Å². The summed E-state index contributed by atoms with van der Waals surface area (Å²) < 4.78 is 47.6. The molecule has 0 aliphatic rings. The molecule has 0 bridgehead atoms. The van der Waals surface area contributed by atoms with Gasteiger partial charge in [0.15, 0.2) is 12.3 Å². The number of aryl methyl sites for hydroxylation is 1. The Morgan fingerprint density at radius 2 is 2.00 bits per heavy atom. The summed E-state index contributed by atoms with van der Waals surface area (Å²) in [5.41, 5.74) is -0.708. The Labute approximate surface area is 152 Å². The van der Waals surface area contributed by atoms with E-state index in [4.69, 9.17) is 9.47 Å². The van der Waals surface area contributed by atoms with Crippen LogP contribution in [-0.2, 0) is 4.74 Å². The molecule has 0 saturated carbocycles. The molecule has 0 unspecified atom stereocenters. The van der Waals surface area contributed by atoms with Gasteiger partial charge >= 0.3 is 12.1 Å². The molecule has 27 heavy (non-hydrogen) atoms. The molecule has 142 valence electrons. The van der Waals surface area contributed by atoms with Crippen molar-refractivity contribution in [2.24, 2.45) is 0 Å². The molecule has 2 rings (SSSR count). The van der Waals surface area contributed by atoms with Crippen LogP contribution in [0.5, 0.6) is 5.75 Å². The van der Waals surface area contributed by atoms with Gasteiger partial charge in [0.05, 0.1) is 17.7 Å². The second-order valence-electron chi connectivity index (χ2n) is 5.45. The van der Waals surface area contributed by atoms with Crippen LogP contribution in [0.1, 0.15) is 28.5 Å². The predicted molar refractivity (Wildman–Crippen MR) is 87.8 cm³/mol. The van der Waals surface area contributed by atoms with Crippen molar-refractivity contribution in [3.05, 3.63) is 52.4 Å². The Morgan fingerprint density at radius 1 is 1.33 bits per heavy atom. The molecular weight excluding hydrogens is 365 g/mol. The Kier molecular flexibility index (Phi) is 5.90. The molecule has 1 aromatic heterocycles. The lowest BCUT2D eigenvalue weighted by Gasteiger charge is -2.16. The van der Waals surface area contributed by atoms with Crippen LogP contribution < -0.4 is 9.47 Å². The first-order chi connectivity index (χ1) is 12.7. The van der Waals surface area contributed by atoms with Crippen molar-refractivity contribution < 1.29 is 32.2 Å². The standard InChI is InChI=1S/C18H15F3N2O4/c1-3-26-17(24)13-8-11(2)23(25)16(14(13)9-22)12-6-4-5-7-15(12)27-10-18(19,20)21/h4-8H,3,10H2,1-2H3. The molecule has 9 heteroatoms. The van der Waals surface area contributed by atoms with E-state index in [1.165, 1.54) is 37.3 Å². The quantitative estimate of drug-likeness (QED) is 0.451. The van der Waals surface area contributed by atoms with Gasteiger partial charge in [-0.3, -0.25) is 0 Å². The molecule has 0 aliphatic heterocycles. The third-order valence-electron chi connectivity index (χ3n) is 3.52. The maximum absolute atomic E-state index is 12.6. The average molecular weight is 380 g/mol. The van der Waals surface area contributed by atoms with E-state index in [2.05, 4.69) is 0 Å². The summed E-state index contributed by atoms with van der Waals surface area (Å²) in [6.45, 7) is 1.46. The van der Waals surface area contributed by atoms with E-state index in [1.54, 1.807) is 13.0 Å². The lowest BCUT2D eigenvalue weighted by Crippen LogP contribution is -2.35. The number of alkyl halides is 3. The fourth-order valence-corrected chi connectivity index (χ4v) is 2.42. The number of para-hydroxylation sites is 1. The van der Waals surface area contributed by atoms with E-state index in [0.29, 0.717) is 4.73 Å². The molecule has 0 saturated heterocycles. The SMILES string of the molecule is CCOC(=O)c1cc(C)[n+]([O-])c(-c2ccccc2OCC(F)(F)F)c1C#N. The highest BCUT2D eigenvalue weighted by molar-refractivity contribution is 5.94. The molecule has 0 atom stereocenters. The molecule has 0 aliphatic carbocycles. The smallest absolute Gasteiger partial charge is 0.422 e. The molecule has 1 aromatic carbocycles. The van der Waals surface area contributed by atoms with Gasteiger partial charge in [-0.05, 0) is 19.1 Å². The summed E-state index contributed by atoms with van der Waals surface area (Å²) >= 11 is 0. The molecule has 6 nitrogen and oxygen atoms in total. The number of hydrogen-bond donors (Lipinski definition) is 0. The molecule has 0 radical (unpaired) electrons. The van der Waals surface area contributed by atoms with Crippen LogP contribution >= 0.6 is 0 Å². The van der Waals surface area contributed by atoms with Gasteiger partial charge in [0.1, 0.15) is 17.4 Å². The number of rotatable bonds is 5. The normalized spacial score (nSPS) is 11.0. The Bertz CT molecular complexity index is 905. The fourth-order valence-electron chi connectivity index (χ4n) is 2.42. The molecule has 2 aromatic rings. The number of carbonyl (C=O) groups is 1. The summed E-state index contributed by atoms with van der Waals surface area (Å²) in [6, 6.07) is 8.46. The van der Waals surface area contributed by atoms with Gasteiger partial charge in [-0.2, -0.15) is 23.2 Å². The van der Waals surface area contributed by atoms with E-state index < -0.39 is 18.8 Å². The molecule has 0 spiro atoms. The van der Waals surface area contributed by atoms with Crippen LogP contribution in [0.2, 0.25) is 0 Å². The van der Waals surface area contributed by atoms with Crippen molar-refractivity contribution in [3.8, 4) is 23.1 Å². The highest BCUT2D eigenvalue weighted by Crippen LogP contribution is 2.32. The second kappa shape index (κ2) is 7.95. The van der Waals surface area contributed by atoms with Gasteiger partial charge in [0.2, 0.25) is 5.69 Å². The van der Waals surface area contributed by atoms with Gasteiger partial charge in [0.25, 0.3) is 0 Å². The minimum Gasteiger partial charge on any atom is -0.618 e. The topological polar surface area (TPSA) is 86.3 Å². The monoisotopic (exact) mass is 380 g/mol. The third kappa shape index (κ3) is 4.47. The van der Waals surface area contributed by atoms with Crippen molar-refractivity contribution in [1.82, 2.24) is 0 Å². The number of hydrogen-bond acceptors (Lipinski definition) is 5. The zero-order valence-electron chi connectivity index (χ0n) is 14.5. The maximum Gasteiger partial charge on any atom is 0.422 e. The number of pyridine rings is 1. The van der Waals surface area contributed by atoms with E-state index >= 15 is 0 Å². The van der Waals surface area contributed by atoms with E-state index in [0.717, 1.165) is 0 Å². The Hall–Kier alpha value is -3.28. The van der Waals surface area contributed by atoms with Crippen molar-refractivity contribution in [3.63, 3.8) is 0 Å². The van der Waals surface area contributed by atoms with Gasteiger partial charge in [-0.15, -0.1) is 0 Å². The lowest BCUT2D eigenvalue weighted by atomic mass is 10.00. The highest BCUT2D eigenvalue weighted by atomic mass is 19.4. The summed E-state index contributed by atoms with van der Waals surface area (Å²) in [5, 5.41) is 22.1. The summed E-state index contributed by atoms with van der Waals surface area (Å²) in [7, 11) is 0. The molecular formula is C18H15F3N2O4. The van der Waals surface area contributed by atoms with E-state index in [1.807, 2.05) is 0 Å². The molecule has 0 amide bonds. The molecule has 0 fully saturated rings. The van der Waals surface area contributed by atoms with Crippen molar-refractivity contribution in [1.29, 1.82) is 5.26 Å². The number of benzene rings is 1. The summed E-state index contributed by atoms with van der Waals surface area (Å²) in [6.07, 6.45) is -4.58. The first-order valence-corrected chi connectivity index (χ1v) is 7.83. The Balaban J connectivity index is 2.69. The van der Waals surface area contributed by atoms with E-state index in [9.17, 15) is 28.4 Å². The van der Waals surface area contributed by atoms with Gasteiger partial charge in [0, 0.05) is 13.0 Å². The highest BCUT2D eigenvalue weighted by Gasteiger charge is 2.31. The van der Waals surface area contributed by atoms with Crippen LogP contribution in [0, 0.1) is 23.5 Å². The van der Waals surface area contributed by atoms with Crippen molar-refractivity contribution >= 4 is 5.97 Å². The number of nitrogens with zero attached hydrogens (tertiary/aromatic N) is 2. The number of aromatic nitrogens is 1. The fraction of sp³-hybridized carbons (Fsp3) is 0.278. The largest absolute Gasteiger partial charge is 0.618 e. The zero-order chi connectivity index (χ0) is 20.2. The minimum absolute atomic E-state index is 0.0393. The maximum atomic E-state index is 12.6. The second-order valence-corrected chi connectivity index (χ2v) is 5.45. The average Bonchev–Trinajstić information content (AvgIpc) is 2.61. The third-order valence-corrected chi connectivity index (χ3v) is 3.52. The van der Waals surface area contributed by atoms with Crippen LogP contribution in [0.15, 0.2) is 30.3 Å². The van der Waals surface area contributed by atoms with Gasteiger partial charge < -0.3 is 14.7 Å². The van der Waals surface area contributed by atoms with Crippen molar-refractivity contribution in [2.75, 3.05) is 13.2 Å². The van der Waals surface area contributed by atoms with Gasteiger partial charge in [-0.25, -0.2) is 4.79 Å². The van der Waals surface area contributed by atoms with Crippen molar-refractivity contribution in [2.45, 2.75) is 20.0 Å². The molecule has 0 N–H and O–H groups in total. The number of ether oxygens (including phenoxy) is 2. The van der Waals surface area contributed by atoms with E-state index in [-0.39, 0.29) is 40.4 Å². The lowest BCUT2D eigenvalue weighted by molar-refractivity contribution is -0.600. The number of halogens is 3. The molecule has 1 heterocycles. The summed E-state index contributed by atoms with van der Waals surface area (Å²) in [4.78, 5) is 12.1. The van der Waals surface area contributed by atoms with Gasteiger partial charge in [-0.1, -0.05) is 12.1 Å². The van der Waals surface area contributed by atoms with Crippen LogP contribution in [0.25, 0.3) is 11.3 Å². The summed E-state index contributed by atoms with van der Waals surface area (Å²) in [5.74, 6) is -1.05. The minimum atomic E-state index is -4.58. The predicted octanol–water partition coefficient (Wildman–Crippen LogP) is 3.28.